The molecule has 2 N–H and O–H groups in total. The van der Waals surface area contributed by atoms with Gasteiger partial charge in [0.15, 0.2) is 5.16 Å². The lowest BCUT2D eigenvalue weighted by atomic mass is 9.97. The second-order valence-electron chi connectivity index (χ2n) is 6.22. The molecule has 0 atom stereocenters. The largest absolute Gasteiger partial charge is 0.324 e. The van der Waals surface area contributed by atoms with Gasteiger partial charge in [-0.25, -0.2) is 4.98 Å². The Morgan fingerprint density at radius 2 is 2.19 bits per heavy atom. The molecule has 0 fully saturated rings. The Morgan fingerprint density at radius 3 is 3.00 bits per heavy atom. The molecule has 1 aliphatic rings. The molecular formula is C18H15BrClN3O2S2. The van der Waals surface area contributed by atoms with Crippen LogP contribution in [0.5, 0.6) is 0 Å². The van der Waals surface area contributed by atoms with Crippen LogP contribution in [0.25, 0.3) is 10.2 Å². The fourth-order valence-corrected chi connectivity index (χ4v) is 5.82. The van der Waals surface area contributed by atoms with Crippen LogP contribution in [-0.2, 0) is 17.6 Å². The highest BCUT2D eigenvalue weighted by Crippen LogP contribution is 2.34. The molecule has 2 heterocycles. The fraction of sp³-hybridized carbons (Fsp3) is 0.278. The minimum atomic E-state index is -0.211. The van der Waals surface area contributed by atoms with Gasteiger partial charge in [-0.3, -0.25) is 9.59 Å². The van der Waals surface area contributed by atoms with Crippen molar-refractivity contribution in [1.29, 1.82) is 0 Å². The molecule has 4 rings (SSSR count). The summed E-state index contributed by atoms with van der Waals surface area (Å²) in [5.41, 5.74) is 1.60. The summed E-state index contributed by atoms with van der Waals surface area (Å²) in [4.78, 5) is 34.2. The smallest absolute Gasteiger partial charge is 0.260 e. The number of nitrogens with zero attached hydrogens (tertiary/aromatic N) is 1. The molecule has 27 heavy (non-hydrogen) atoms. The Kier molecular flexibility index (Phi) is 5.59. The Balaban J connectivity index is 1.48. The van der Waals surface area contributed by atoms with Crippen molar-refractivity contribution in [2.75, 3.05) is 11.1 Å². The van der Waals surface area contributed by atoms with Crippen LogP contribution in [0.15, 0.2) is 32.6 Å². The molecule has 0 radical (unpaired) electrons. The average molecular weight is 485 g/mol. The number of aromatic amines is 1. The molecule has 140 valence electrons. The molecule has 1 aromatic carbocycles. The van der Waals surface area contributed by atoms with Gasteiger partial charge in [-0.2, -0.15) is 0 Å². The van der Waals surface area contributed by atoms with Crippen LogP contribution in [0.3, 0.4) is 0 Å². The number of thioether (sulfide) groups is 1. The van der Waals surface area contributed by atoms with E-state index in [9.17, 15) is 9.59 Å². The summed E-state index contributed by atoms with van der Waals surface area (Å²) < 4.78 is 0.841. The van der Waals surface area contributed by atoms with Crippen molar-refractivity contribution in [2.24, 2.45) is 0 Å². The standard InChI is InChI=1S/C18H15BrClN3O2S2/c19-9-5-6-12(11(20)7-9)21-14(24)8-26-18-22-16(25)15-10-3-1-2-4-13(10)27-17(15)23-18/h5-7H,1-4,8H2,(H,21,24)(H,22,23,25). The maximum Gasteiger partial charge on any atom is 0.260 e. The number of carbonyl (C=O) groups is 1. The van der Waals surface area contributed by atoms with E-state index >= 15 is 0 Å². The number of rotatable bonds is 4. The van der Waals surface area contributed by atoms with Crippen molar-refractivity contribution in [3.05, 3.63) is 48.5 Å². The van der Waals surface area contributed by atoms with E-state index in [1.807, 2.05) is 0 Å². The number of aryl methyl sites for hydroxylation is 2. The lowest BCUT2D eigenvalue weighted by molar-refractivity contribution is -0.113. The minimum absolute atomic E-state index is 0.113. The molecule has 0 unspecified atom stereocenters. The van der Waals surface area contributed by atoms with Gasteiger partial charge < -0.3 is 10.3 Å². The molecule has 1 amide bonds. The van der Waals surface area contributed by atoms with Crippen LogP contribution < -0.4 is 10.9 Å². The lowest BCUT2D eigenvalue weighted by Crippen LogP contribution is -2.16. The number of nitrogens with one attached hydrogen (secondary N) is 2. The first-order chi connectivity index (χ1) is 13.0. The number of halogens is 2. The quantitative estimate of drug-likeness (QED) is 0.403. The third-order valence-corrected chi connectivity index (χ3v) is 7.21. The van der Waals surface area contributed by atoms with E-state index in [-0.39, 0.29) is 17.2 Å². The van der Waals surface area contributed by atoms with Crippen molar-refractivity contribution >= 4 is 72.4 Å². The zero-order valence-corrected chi connectivity index (χ0v) is 18.1. The molecule has 0 saturated carbocycles. The number of anilines is 1. The first-order valence-electron chi connectivity index (χ1n) is 8.43. The van der Waals surface area contributed by atoms with Gasteiger partial charge in [-0.05, 0) is 49.4 Å². The van der Waals surface area contributed by atoms with Gasteiger partial charge in [-0.15, -0.1) is 11.3 Å². The first-order valence-corrected chi connectivity index (χ1v) is 11.4. The first kappa shape index (κ1) is 19.0. The van der Waals surface area contributed by atoms with Crippen molar-refractivity contribution in [2.45, 2.75) is 30.8 Å². The van der Waals surface area contributed by atoms with Crippen LogP contribution >= 0.6 is 50.6 Å². The molecule has 0 saturated heterocycles. The fourth-order valence-electron chi connectivity index (χ4n) is 3.12. The third-order valence-electron chi connectivity index (χ3n) is 4.35. The van der Waals surface area contributed by atoms with Crippen LogP contribution in [0.1, 0.15) is 23.3 Å². The Hall–Kier alpha value is -1.35. The Labute approximate surface area is 177 Å². The lowest BCUT2D eigenvalue weighted by Gasteiger charge is -2.09. The molecule has 3 aromatic rings. The van der Waals surface area contributed by atoms with E-state index in [1.165, 1.54) is 16.6 Å². The second kappa shape index (κ2) is 7.95. The maximum atomic E-state index is 12.5. The average Bonchev–Trinajstić information content (AvgIpc) is 3.01. The minimum Gasteiger partial charge on any atom is -0.324 e. The van der Waals surface area contributed by atoms with E-state index in [0.717, 1.165) is 45.9 Å². The topological polar surface area (TPSA) is 74.8 Å². The van der Waals surface area contributed by atoms with Gasteiger partial charge in [0, 0.05) is 9.35 Å². The summed E-state index contributed by atoms with van der Waals surface area (Å²) in [6.07, 6.45) is 4.25. The maximum absolute atomic E-state index is 12.5. The third kappa shape index (κ3) is 4.08. The summed E-state index contributed by atoms with van der Waals surface area (Å²) in [5, 5.41) is 4.42. The van der Waals surface area contributed by atoms with Gasteiger partial charge in [-0.1, -0.05) is 39.3 Å². The van der Waals surface area contributed by atoms with Gasteiger partial charge in [0.2, 0.25) is 5.91 Å². The van der Waals surface area contributed by atoms with Crippen LogP contribution in [-0.4, -0.2) is 21.6 Å². The van der Waals surface area contributed by atoms with Crippen LogP contribution in [0.4, 0.5) is 5.69 Å². The summed E-state index contributed by atoms with van der Waals surface area (Å²) >= 11 is 12.3. The van der Waals surface area contributed by atoms with Crippen molar-refractivity contribution < 1.29 is 4.79 Å². The van der Waals surface area contributed by atoms with Crippen molar-refractivity contribution in [3.63, 3.8) is 0 Å². The molecule has 1 aliphatic carbocycles. The van der Waals surface area contributed by atoms with Crippen molar-refractivity contribution in [1.82, 2.24) is 9.97 Å². The summed E-state index contributed by atoms with van der Waals surface area (Å²) in [7, 11) is 0. The molecule has 5 nitrogen and oxygen atoms in total. The van der Waals surface area contributed by atoms with Gasteiger partial charge in [0.1, 0.15) is 4.83 Å². The van der Waals surface area contributed by atoms with Gasteiger partial charge in [0.05, 0.1) is 21.8 Å². The molecule has 0 spiro atoms. The number of amides is 1. The highest BCUT2D eigenvalue weighted by molar-refractivity contribution is 9.10. The van der Waals surface area contributed by atoms with Crippen LogP contribution in [0.2, 0.25) is 5.02 Å². The summed E-state index contributed by atoms with van der Waals surface area (Å²) in [5.74, 6) is -0.0798. The van der Waals surface area contributed by atoms with E-state index in [0.29, 0.717) is 15.9 Å². The predicted molar refractivity (Wildman–Crippen MR) is 115 cm³/mol. The molecular weight excluding hydrogens is 470 g/mol. The number of carbonyl (C=O) groups excluding carboxylic acids is 1. The van der Waals surface area contributed by atoms with Crippen molar-refractivity contribution in [3.8, 4) is 0 Å². The van der Waals surface area contributed by atoms with E-state index < -0.39 is 0 Å². The Bertz CT molecular complexity index is 1100. The molecule has 9 heteroatoms. The number of thiophene rings is 1. The van der Waals surface area contributed by atoms with E-state index in [4.69, 9.17) is 11.6 Å². The number of aromatic nitrogens is 2. The van der Waals surface area contributed by atoms with E-state index in [2.05, 4.69) is 31.2 Å². The normalized spacial score (nSPS) is 13.6. The summed E-state index contributed by atoms with van der Waals surface area (Å²) in [6, 6.07) is 5.26. The number of hydrogen-bond acceptors (Lipinski definition) is 5. The highest BCUT2D eigenvalue weighted by Gasteiger charge is 2.20. The Morgan fingerprint density at radius 1 is 1.37 bits per heavy atom. The zero-order chi connectivity index (χ0) is 19.0. The zero-order valence-electron chi connectivity index (χ0n) is 14.1. The molecule has 0 aliphatic heterocycles. The van der Waals surface area contributed by atoms with Gasteiger partial charge >= 0.3 is 0 Å². The summed E-state index contributed by atoms with van der Waals surface area (Å²) in [6.45, 7) is 0. The predicted octanol–water partition coefficient (Wildman–Crippen LogP) is 5.01. The molecule has 2 aromatic heterocycles. The monoisotopic (exact) mass is 483 g/mol. The highest BCUT2D eigenvalue weighted by atomic mass is 79.9. The SMILES string of the molecule is O=C(CSc1nc2sc3c(c2c(=O)[nH]1)CCCC3)Nc1ccc(Br)cc1Cl. The number of fused-ring (bicyclic) bond motifs is 3. The number of H-pyrrole nitrogens is 1. The van der Waals surface area contributed by atoms with Gasteiger partial charge in [0.25, 0.3) is 5.56 Å². The molecule has 0 bridgehead atoms. The van der Waals surface area contributed by atoms with Crippen LogP contribution in [0, 0.1) is 0 Å². The van der Waals surface area contributed by atoms with E-state index in [1.54, 1.807) is 29.5 Å². The number of benzene rings is 1. The second-order valence-corrected chi connectivity index (χ2v) is 9.59. The number of hydrogen-bond donors (Lipinski definition) is 2.